The van der Waals surface area contributed by atoms with Gasteiger partial charge in [-0.1, -0.05) is 25.6 Å². The van der Waals surface area contributed by atoms with E-state index < -0.39 is 5.97 Å². The number of ether oxygens (including phenoxy) is 2. The number of carboxylic acid groups (broad SMARTS) is 1. The molecule has 8 heteroatoms. The number of carbonyl (C=O) groups is 1. The summed E-state index contributed by atoms with van der Waals surface area (Å²) in [5.74, 6) is 0.412. The second-order valence-electron chi connectivity index (χ2n) is 4.74. The molecule has 2 aromatic rings. The Morgan fingerprint density at radius 3 is 2.80 bits per heavy atom. The monoisotopic (exact) mass is 362 g/mol. The quantitative estimate of drug-likeness (QED) is 0.412. The van der Waals surface area contributed by atoms with Gasteiger partial charge in [0, 0.05) is 6.42 Å². The van der Waals surface area contributed by atoms with Gasteiger partial charge in [-0.2, -0.15) is 0 Å². The molecule has 2 rings (SSSR count). The minimum absolute atomic E-state index is 0.0492. The smallest absolute Gasteiger partial charge is 0.342 e. The summed E-state index contributed by atoms with van der Waals surface area (Å²) in [6, 6.07) is 5.13. The molecule has 0 aliphatic carbocycles. The number of rotatable bonds is 9. The van der Waals surface area contributed by atoms with Crippen molar-refractivity contribution >= 4 is 23.8 Å². The van der Waals surface area contributed by atoms with Crippen molar-refractivity contribution in [3.8, 4) is 11.5 Å². The van der Waals surface area contributed by atoms with E-state index in [4.69, 9.17) is 13.9 Å². The van der Waals surface area contributed by atoms with E-state index in [1.54, 1.807) is 24.3 Å². The van der Waals surface area contributed by atoms with Gasteiger partial charge in [-0.05, 0) is 35.5 Å². The van der Waals surface area contributed by atoms with Gasteiger partial charge in [0.2, 0.25) is 5.89 Å². The Morgan fingerprint density at radius 1 is 1.40 bits per heavy atom. The third kappa shape index (κ3) is 5.12. The second-order valence-corrected chi connectivity index (χ2v) is 5.73. The first-order valence-electron chi connectivity index (χ1n) is 7.44. The summed E-state index contributed by atoms with van der Waals surface area (Å²) in [6.45, 7) is 5.81. The Hall–Kier alpha value is -2.74. The van der Waals surface area contributed by atoms with Crippen molar-refractivity contribution in [3.05, 3.63) is 47.2 Å². The van der Waals surface area contributed by atoms with Crippen molar-refractivity contribution < 1.29 is 23.8 Å². The van der Waals surface area contributed by atoms with Gasteiger partial charge in [0.1, 0.15) is 11.5 Å². The molecule has 7 nitrogen and oxygen atoms in total. The first kappa shape index (κ1) is 18.6. The summed E-state index contributed by atoms with van der Waals surface area (Å²) in [5.41, 5.74) is 0.642. The Kier molecular flexibility index (Phi) is 6.64. The van der Waals surface area contributed by atoms with Crippen LogP contribution in [0.1, 0.15) is 18.4 Å². The van der Waals surface area contributed by atoms with Gasteiger partial charge in [-0.25, -0.2) is 4.79 Å². The average molecular weight is 362 g/mol. The molecular formula is C17H18N2O5S. The van der Waals surface area contributed by atoms with E-state index in [-0.39, 0.29) is 10.1 Å². The summed E-state index contributed by atoms with van der Waals surface area (Å²) in [7, 11) is 1.52. The zero-order chi connectivity index (χ0) is 18.2. The summed E-state index contributed by atoms with van der Waals surface area (Å²) >= 11 is 0.895. The highest BCUT2D eigenvalue weighted by molar-refractivity contribution is 8.03. The molecule has 1 aromatic heterocycles. The number of carboxylic acids is 1. The van der Waals surface area contributed by atoms with Crippen molar-refractivity contribution in [2.45, 2.75) is 18.6 Å². The van der Waals surface area contributed by atoms with Gasteiger partial charge in [-0.15, -0.1) is 10.2 Å². The fourth-order valence-corrected chi connectivity index (χ4v) is 2.53. The van der Waals surface area contributed by atoms with Crippen LogP contribution >= 0.6 is 11.8 Å². The molecule has 132 valence electrons. The molecule has 25 heavy (non-hydrogen) atoms. The number of nitrogens with zero attached hydrogens (tertiary/aromatic N) is 2. The van der Waals surface area contributed by atoms with E-state index in [0.717, 1.165) is 11.8 Å². The van der Waals surface area contributed by atoms with Crippen LogP contribution in [-0.4, -0.2) is 35.0 Å². The Bertz CT molecular complexity index is 785. The molecule has 0 radical (unpaired) electrons. The maximum absolute atomic E-state index is 11.5. The fourth-order valence-electron chi connectivity index (χ4n) is 1.84. The van der Waals surface area contributed by atoms with Crippen molar-refractivity contribution in [3.63, 3.8) is 0 Å². The maximum atomic E-state index is 11.5. The average Bonchev–Trinajstić information content (AvgIpc) is 3.07. The highest BCUT2D eigenvalue weighted by Gasteiger charge is 2.15. The van der Waals surface area contributed by atoms with Gasteiger partial charge >= 0.3 is 5.97 Å². The van der Waals surface area contributed by atoms with Crippen LogP contribution in [0.15, 0.2) is 45.4 Å². The summed E-state index contributed by atoms with van der Waals surface area (Å²) < 4.78 is 16.1. The Labute approximate surface area is 149 Å². The van der Waals surface area contributed by atoms with Gasteiger partial charge in [-0.3, -0.25) is 0 Å². The van der Waals surface area contributed by atoms with Gasteiger partial charge in [0.25, 0.3) is 5.22 Å². The molecule has 1 aromatic carbocycles. The number of hydrogen-bond acceptors (Lipinski definition) is 7. The first-order chi connectivity index (χ1) is 12.1. The van der Waals surface area contributed by atoms with Crippen molar-refractivity contribution in [1.82, 2.24) is 10.2 Å². The summed E-state index contributed by atoms with van der Waals surface area (Å²) in [4.78, 5) is 11.6. The van der Waals surface area contributed by atoms with Crippen LogP contribution in [0.3, 0.4) is 0 Å². The minimum atomic E-state index is -1.09. The number of aryl methyl sites for hydroxylation is 1. The van der Waals surface area contributed by atoms with Crippen molar-refractivity contribution in [2.75, 3.05) is 13.7 Å². The molecule has 0 bridgehead atoms. The molecule has 0 fully saturated rings. The lowest BCUT2D eigenvalue weighted by atomic mass is 10.2. The zero-order valence-corrected chi connectivity index (χ0v) is 14.7. The molecule has 0 spiro atoms. The highest BCUT2D eigenvalue weighted by Crippen LogP contribution is 2.32. The molecule has 0 atom stereocenters. The van der Waals surface area contributed by atoms with Gasteiger partial charge < -0.3 is 19.0 Å². The van der Waals surface area contributed by atoms with Crippen LogP contribution in [0.5, 0.6) is 11.5 Å². The van der Waals surface area contributed by atoms with E-state index >= 15 is 0 Å². The maximum Gasteiger partial charge on any atom is 0.342 e. The Morgan fingerprint density at radius 2 is 2.20 bits per heavy atom. The zero-order valence-electron chi connectivity index (χ0n) is 13.9. The van der Waals surface area contributed by atoms with E-state index in [9.17, 15) is 9.90 Å². The molecule has 1 heterocycles. The van der Waals surface area contributed by atoms with E-state index in [0.29, 0.717) is 36.0 Å². The molecule has 1 N–H and O–H groups in total. The lowest BCUT2D eigenvalue weighted by Crippen LogP contribution is -1.98. The summed E-state index contributed by atoms with van der Waals surface area (Å²) in [6.07, 6.45) is 3.72. The van der Waals surface area contributed by atoms with Crippen LogP contribution in [0, 0.1) is 0 Å². The largest absolute Gasteiger partial charge is 0.493 e. The van der Waals surface area contributed by atoms with Crippen LogP contribution in [0.4, 0.5) is 0 Å². The number of thioether (sulfide) groups is 1. The van der Waals surface area contributed by atoms with E-state index in [1.165, 1.54) is 13.2 Å². The molecule has 0 saturated carbocycles. The summed E-state index contributed by atoms with van der Waals surface area (Å²) in [5, 5.41) is 17.2. The standard InChI is InChI=1S/C17H18N2O5S/c1-4-8-23-12-7-6-11(9-13(12)22-3)10-14(16(20)21)25-17-19-18-15(5-2)24-17/h4,6-7,9-10H,1,5,8H2,2-3H3,(H,20,21)/b14-10-. The molecule has 0 saturated heterocycles. The van der Waals surface area contributed by atoms with E-state index in [2.05, 4.69) is 16.8 Å². The highest BCUT2D eigenvalue weighted by atomic mass is 32.2. The third-order valence-corrected chi connectivity index (χ3v) is 3.85. The SMILES string of the molecule is C=CCOc1ccc(/C=C(\Sc2nnc(CC)o2)C(=O)O)cc1OC. The Balaban J connectivity index is 2.26. The lowest BCUT2D eigenvalue weighted by molar-refractivity contribution is -0.131. The van der Waals surface area contributed by atoms with Crippen LogP contribution in [-0.2, 0) is 11.2 Å². The predicted octanol–water partition coefficient (Wildman–Crippen LogP) is 3.42. The molecule has 0 aliphatic heterocycles. The topological polar surface area (TPSA) is 94.7 Å². The van der Waals surface area contributed by atoms with Crippen LogP contribution < -0.4 is 9.47 Å². The number of aromatic nitrogens is 2. The van der Waals surface area contributed by atoms with Gasteiger partial charge in [0.15, 0.2) is 11.5 Å². The molecule has 0 unspecified atom stereocenters. The normalized spacial score (nSPS) is 11.2. The second kappa shape index (κ2) is 8.93. The number of hydrogen-bond donors (Lipinski definition) is 1. The fraction of sp³-hybridized carbons (Fsp3) is 0.235. The minimum Gasteiger partial charge on any atom is -0.493 e. The van der Waals surface area contributed by atoms with Crippen molar-refractivity contribution in [2.24, 2.45) is 0 Å². The van der Waals surface area contributed by atoms with Crippen LogP contribution in [0.25, 0.3) is 6.08 Å². The van der Waals surface area contributed by atoms with Gasteiger partial charge in [0.05, 0.1) is 7.11 Å². The first-order valence-corrected chi connectivity index (χ1v) is 8.26. The third-order valence-electron chi connectivity index (χ3n) is 3.00. The number of methoxy groups -OCH3 is 1. The van der Waals surface area contributed by atoms with E-state index in [1.807, 2.05) is 6.92 Å². The lowest BCUT2D eigenvalue weighted by Gasteiger charge is -2.10. The number of aliphatic carboxylic acids is 1. The molecule has 0 aliphatic rings. The predicted molar refractivity (Wildman–Crippen MR) is 93.8 cm³/mol. The molecular weight excluding hydrogens is 344 g/mol. The molecule has 0 amide bonds. The van der Waals surface area contributed by atoms with Crippen LogP contribution in [0.2, 0.25) is 0 Å². The number of benzene rings is 1. The van der Waals surface area contributed by atoms with Crippen molar-refractivity contribution in [1.29, 1.82) is 0 Å².